The molecule has 5 rings (SSSR count). The van der Waals surface area contributed by atoms with E-state index in [1.54, 1.807) is 11.3 Å². The molecule has 122 valence electrons. The van der Waals surface area contributed by atoms with Crippen LogP contribution in [-0.4, -0.2) is 34.1 Å². The molecule has 0 bridgehead atoms. The van der Waals surface area contributed by atoms with Crippen LogP contribution >= 0.6 is 11.3 Å². The van der Waals surface area contributed by atoms with Crippen molar-refractivity contribution in [3.8, 4) is 0 Å². The standard InChI is InChI=1S/C18H19N5S/c1-2-4-15-14(3-1)21-18(24-15)23-10-8-13(11-23)20-16-7-9-19-17(22-16)12-5-6-12/h1-4,7,9,12-13H,5-6,8,10-11H2,(H,19,20,22). The van der Waals surface area contributed by atoms with E-state index in [-0.39, 0.29) is 0 Å². The number of para-hydroxylation sites is 1. The van der Waals surface area contributed by atoms with Gasteiger partial charge in [0.1, 0.15) is 11.6 Å². The molecule has 6 heteroatoms. The molecule has 24 heavy (non-hydrogen) atoms. The number of hydrogen-bond acceptors (Lipinski definition) is 6. The Morgan fingerprint density at radius 1 is 1.08 bits per heavy atom. The molecule has 0 radical (unpaired) electrons. The van der Waals surface area contributed by atoms with E-state index < -0.39 is 0 Å². The van der Waals surface area contributed by atoms with E-state index in [0.717, 1.165) is 41.8 Å². The molecule has 1 aliphatic carbocycles. The largest absolute Gasteiger partial charge is 0.365 e. The third kappa shape index (κ3) is 2.71. The van der Waals surface area contributed by atoms with Crippen molar-refractivity contribution in [2.24, 2.45) is 0 Å². The van der Waals surface area contributed by atoms with Crippen molar-refractivity contribution in [3.63, 3.8) is 0 Å². The number of fused-ring (bicyclic) bond motifs is 1. The van der Waals surface area contributed by atoms with E-state index in [9.17, 15) is 0 Å². The minimum atomic E-state index is 0.416. The van der Waals surface area contributed by atoms with Crippen LogP contribution in [0.2, 0.25) is 0 Å². The predicted molar refractivity (Wildman–Crippen MR) is 97.9 cm³/mol. The Labute approximate surface area is 144 Å². The summed E-state index contributed by atoms with van der Waals surface area (Å²) >= 11 is 1.78. The van der Waals surface area contributed by atoms with E-state index in [1.807, 2.05) is 18.3 Å². The van der Waals surface area contributed by atoms with E-state index >= 15 is 0 Å². The molecule has 1 saturated heterocycles. The van der Waals surface area contributed by atoms with Crippen LogP contribution in [0.5, 0.6) is 0 Å². The van der Waals surface area contributed by atoms with Crippen LogP contribution in [0.25, 0.3) is 10.2 Å². The van der Waals surface area contributed by atoms with E-state index in [1.165, 1.54) is 17.5 Å². The van der Waals surface area contributed by atoms with Gasteiger partial charge in [-0.15, -0.1) is 0 Å². The van der Waals surface area contributed by atoms with Gasteiger partial charge in [-0.25, -0.2) is 15.0 Å². The molecule has 2 aliphatic rings. The first kappa shape index (κ1) is 14.2. The summed E-state index contributed by atoms with van der Waals surface area (Å²) in [4.78, 5) is 16.2. The van der Waals surface area contributed by atoms with Crippen molar-refractivity contribution in [2.75, 3.05) is 23.3 Å². The fraction of sp³-hybridized carbons (Fsp3) is 0.389. The molecule has 1 atom stereocenters. The summed E-state index contributed by atoms with van der Waals surface area (Å²) in [5, 5.41) is 4.71. The first-order chi connectivity index (χ1) is 11.8. The Morgan fingerprint density at radius 3 is 2.88 bits per heavy atom. The number of aromatic nitrogens is 3. The van der Waals surface area contributed by atoms with E-state index in [4.69, 9.17) is 4.98 Å². The summed E-state index contributed by atoms with van der Waals surface area (Å²) in [6, 6.07) is 10.7. The third-order valence-corrected chi connectivity index (χ3v) is 5.81. The van der Waals surface area contributed by atoms with Crippen LogP contribution in [0, 0.1) is 0 Å². The first-order valence-electron chi connectivity index (χ1n) is 8.55. The van der Waals surface area contributed by atoms with Crippen LogP contribution in [0.3, 0.4) is 0 Å². The normalized spacial score (nSPS) is 20.7. The maximum absolute atomic E-state index is 4.77. The fourth-order valence-corrected chi connectivity index (χ4v) is 4.25. The highest BCUT2D eigenvalue weighted by molar-refractivity contribution is 7.22. The smallest absolute Gasteiger partial charge is 0.186 e. The van der Waals surface area contributed by atoms with E-state index in [2.05, 4.69) is 38.4 Å². The van der Waals surface area contributed by atoms with E-state index in [0.29, 0.717) is 12.0 Å². The van der Waals surface area contributed by atoms with Crippen molar-refractivity contribution in [1.82, 2.24) is 15.0 Å². The first-order valence-corrected chi connectivity index (χ1v) is 9.37. The zero-order chi connectivity index (χ0) is 15.9. The van der Waals surface area contributed by atoms with Crippen molar-refractivity contribution >= 4 is 32.5 Å². The predicted octanol–water partition coefficient (Wildman–Crippen LogP) is 3.65. The van der Waals surface area contributed by atoms with Gasteiger partial charge in [0.05, 0.1) is 10.2 Å². The Kier molecular flexibility index (Phi) is 3.36. The zero-order valence-electron chi connectivity index (χ0n) is 13.4. The maximum Gasteiger partial charge on any atom is 0.186 e. The monoisotopic (exact) mass is 337 g/mol. The molecule has 1 aromatic carbocycles. The van der Waals surface area contributed by atoms with Gasteiger partial charge in [-0.2, -0.15) is 0 Å². The molecule has 5 nitrogen and oxygen atoms in total. The molecule has 1 aliphatic heterocycles. The van der Waals surface area contributed by atoms with Gasteiger partial charge in [0.25, 0.3) is 0 Å². The fourth-order valence-electron chi connectivity index (χ4n) is 3.25. The van der Waals surface area contributed by atoms with Crippen molar-refractivity contribution in [1.29, 1.82) is 0 Å². The topological polar surface area (TPSA) is 53.9 Å². The average Bonchev–Trinajstić information content (AvgIpc) is 3.21. The van der Waals surface area contributed by atoms with Crippen molar-refractivity contribution < 1.29 is 0 Å². The van der Waals surface area contributed by atoms with Gasteiger partial charge in [0.2, 0.25) is 0 Å². The van der Waals surface area contributed by atoms with Gasteiger partial charge in [0, 0.05) is 31.2 Å². The summed E-state index contributed by atoms with van der Waals surface area (Å²) in [6.07, 6.45) is 5.46. The lowest BCUT2D eigenvalue weighted by atomic mass is 10.2. The second kappa shape index (κ2) is 5.70. The molecule has 0 spiro atoms. The Hall–Kier alpha value is -2.21. The highest BCUT2D eigenvalue weighted by Crippen LogP contribution is 2.38. The molecule has 2 fully saturated rings. The number of thiazole rings is 1. The molecule has 0 amide bonds. The summed E-state index contributed by atoms with van der Waals surface area (Å²) < 4.78 is 1.26. The van der Waals surface area contributed by atoms with Gasteiger partial charge in [-0.05, 0) is 37.5 Å². The van der Waals surface area contributed by atoms with Gasteiger partial charge < -0.3 is 10.2 Å². The maximum atomic E-state index is 4.77. The molecule has 3 heterocycles. The van der Waals surface area contributed by atoms with Crippen LogP contribution in [0.4, 0.5) is 10.9 Å². The van der Waals surface area contributed by atoms with Crippen LogP contribution in [0.1, 0.15) is 31.0 Å². The number of nitrogens with zero attached hydrogens (tertiary/aromatic N) is 4. The van der Waals surface area contributed by atoms with Gasteiger partial charge in [-0.3, -0.25) is 0 Å². The Balaban J connectivity index is 1.29. The number of nitrogens with one attached hydrogen (secondary N) is 1. The van der Waals surface area contributed by atoms with Crippen LogP contribution in [-0.2, 0) is 0 Å². The lowest BCUT2D eigenvalue weighted by Crippen LogP contribution is -2.26. The number of anilines is 2. The number of rotatable bonds is 4. The minimum Gasteiger partial charge on any atom is -0.365 e. The molecule has 3 aromatic rings. The second-order valence-corrected chi connectivity index (χ2v) is 7.62. The van der Waals surface area contributed by atoms with Gasteiger partial charge in [-0.1, -0.05) is 23.5 Å². The highest BCUT2D eigenvalue weighted by atomic mass is 32.1. The minimum absolute atomic E-state index is 0.416. The second-order valence-electron chi connectivity index (χ2n) is 6.61. The summed E-state index contributed by atoms with van der Waals surface area (Å²) in [5.41, 5.74) is 1.10. The molecule has 1 unspecified atom stereocenters. The third-order valence-electron chi connectivity index (χ3n) is 4.71. The summed E-state index contributed by atoms with van der Waals surface area (Å²) in [6.45, 7) is 2.01. The zero-order valence-corrected chi connectivity index (χ0v) is 14.2. The van der Waals surface area contributed by atoms with Gasteiger partial charge >= 0.3 is 0 Å². The molecule has 2 aromatic heterocycles. The SMILES string of the molecule is c1ccc2sc(N3CCC(Nc4ccnc(C5CC5)n4)C3)nc2c1. The average molecular weight is 337 g/mol. The lowest BCUT2D eigenvalue weighted by molar-refractivity contribution is 0.793. The molecular formula is C18H19N5S. The van der Waals surface area contributed by atoms with Crippen LogP contribution in [0.15, 0.2) is 36.5 Å². The molecule has 1 saturated carbocycles. The Morgan fingerprint density at radius 2 is 2.00 bits per heavy atom. The number of hydrogen-bond donors (Lipinski definition) is 1. The quantitative estimate of drug-likeness (QED) is 0.787. The van der Waals surface area contributed by atoms with Crippen molar-refractivity contribution in [3.05, 3.63) is 42.4 Å². The van der Waals surface area contributed by atoms with Crippen LogP contribution < -0.4 is 10.2 Å². The van der Waals surface area contributed by atoms with Crippen molar-refractivity contribution in [2.45, 2.75) is 31.2 Å². The molecule has 1 N–H and O–H groups in total. The summed E-state index contributed by atoms with van der Waals surface area (Å²) in [7, 11) is 0. The molecular weight excluding hydrogens is 318 g/mol. The van der Waals surface area contributed by atoms with Gasteiger partial charge in [0.15, 0.2) is 5.13 Å². The summed E-state index contributed by atoms with van der Waals surface area (Å²) in [5.74, 6) is 2.55. The Bertz CT molecular complexity index is 839. The number of benzene rings is 1. The lowest BCUT2D eigenvalue weighted by Gasteiger charge is -2.16. The highest BCUT2D eigenvalue weighted by Gasteiger charge is 2.28.